The number of piperidine rings is 1. The molecule has 3 heteroatoms. The highest BCUT2D eigenvalue weighted by atomic mass is 79.9. The van der Waals surface area contributed by atoms with Crippen molar-refractivity contribution in [2.75, 3.05) is 26.2 Å². The molecule has 1 aromatic rings. The molecule has 0 atom stereocenters. The third-order valence-corrected chi connectivity index (χ3v) is 3.63. The van der Waals surface area contributed by atoms with E-state index in [0.29, 0.717) is 0 Å². The average molecular weight is 295 g/mol. The van der Waals surface area contributed by atoms with Gasteiger partial charge >= 0.3 is 0 Å². The molecule has 0 bridgehead atoms. The van der Waals surface area contributed by atoms with Gasteiger partial charge in [-0.25, -0.2) is 0 Å². The van der Waals surface area contributed by atoms with E-state index in [0.717, 1.165) is 17.6 Å². The number of nitrogens with zero attached hydrogens (tertiary/aromatic N) is 2. The molecule has 0 unspecified atom stereocenters. The molecular weight excluding hydrogens is 276 g/mol. The van der Waals surface area contributed by atoms with Crippen molar-refractivity contribution in [3.8, 4) is 0 Å². The Bertz CT molecular complexity index is 353. The number of halogens is 1. The summed E-state index contributed by atoms with van der Waals surface area (Å²) in [5.74, 6) is 0. The summed E-state index contributed by atoms with van der Waals surface area (Å²) in [6.45, 7) is 4.53. The van der Waals surface area contributed by atoms with Crippen molar-refractivity contribution in [3.63, 3.8) is 0 Å². The molecule has 2 rings (SSSR count). The molecular formula is C14H19BrN2. The smallest absolute Gasteiger partial charge is 0.0517 e. The van der Waals surface area contributed by atoms with Crippen molar-refractivity contribution in [2.45, 2.75) is 19.3 Å². The Balaban J connectivity index is 1.72. The van der Waals surface area contributed by atoms with Crippen LogP contribution in [0.4, 0.5) is 0 Å². The van der Waals surface area contributed by atoms with E-state index in [9.17, 15) is 0 Å². The van der Waals surface area contributed by atoms with Crippen LogP contribution in [-0.2, 0) is 0 Å². The molecule has 0 amide bonds. The van der Waals surface area contributed by atoms with Crippen LogP contribution in [0.15, 0.2) is 33.7 Å². The third kappa shape index (κ3) is 4.60. The lowest BCUT2D eigenvalue weighted by atomic mass is 10.1. The number of hydrogen-bond donors (Lipinski definition) is 0. The van der Waals surface area contributed by atoms with Crippen LogP contribution in [0.3, 0.4) is 0 Å². The minimum Gasteiger partial charge on any atom is -0.301 e. The standard InChI is InChI=1S/C14H19BrN2/c15-14-6-4-13(5-7-14)12-16-8-11-17-9-2-1-3-10-17/h4-7,12H,1-3,8-11H2. The largest absolute Gasteiger partial charge is 0.301 e. The monoisotopic (exact) mass is 294 g/mol. The predicted molar refractivity (Wildman–Crippen MR) is 76.9 cm³/mol. The Morgan fingerprint density at radius 3 is 2.53 bits per heavy atom. The van der Waals surface area contributed by atoms with Crippen LogP contribution in [0.5, 0.6) is 0 Å². The normalized spacial score (nSPS) is 17.7. The summed E-state index contributed by atoms with van der Waals surface area (Å²) in [5.41, 5.74) is 1.17. The number of rotatable bonds is 4. The second kappa shape index (κ2) is 6.92. The Kier molecular flexibility index (Phi) is 5.20. The van der Waals surface area contributed by atoms with E-state index < -0.39 is 0 Å². The van der Waals surface area contributed by atoms with Crippen LogP contribution in [0.1, 0.15) is 24.8 Å². The molecule has 0 aromatic heterocycles. The molecule has 0 spiro atoms. The quantitative estimate of drug-likeness (QED) is 0.778. The Hall–Kier alpha value is -0.670. The topological polar surface area (TPSA) is 15.6 Å². The number of benzene rings is 1. The number of aliphatic imine (C=N–C) groups is 1. The highest BCUT2D eigenvalue weighted by molar-refractivity contribution is 9.10. The lowest BCUT2D eigenvalue weighted by molar-refractivity contribution is 0.235. The lowest BCUT2D eigenvalue weighted by Gasteiger charge is -2.25. The first-order valence-corrected chi connectivity index (χ1v) is 7.12. The van der Waals surface area contributed by atoms with E-state index in [1.54, 1.807) is 0 Å². The van der Waals surface area contributed by atoms with E-state index >= 15 is 0 Å². The average Bonchev–Trinajstić information content (AvgIpc) is 2.38. The zero-order valence-corrected chi connectivity index (χ0v) is 11.7. The Morgan fingerprint density at radius 2 is 1.82 bits per heavy atom. The van der Waals surface area contributed by atoms with Crippen molar-refractivity contribution in [1.82, 2.24) is 4.90 Å². The molecule has 1 heterocycles. The van der Waals surface area contributed by atoms with Crippen molar-refractivity contribution in [3.05, 3.63) is 34.3 Å². The maximum absolute atomic E-state index is 4.48. The molecule has 0 saturated carbocycles. The van der Waals surface area contributed by atoms with Crippen LogP contribution in [0.2, 0.25) is 0 Å². The van der Waals surface area contributed by atoms with Gasteiger partial charge in [0.1, 0.15) is 0 Å². The van der Waals surface area contributed by atoms with Crippen molar-refractivity contribution in [1.29, 1.82) is 0 Å². The number of likely N-dealkylation sites (tertiary alicyclic amines) is 1. The first-order chi connectivity index (χ1) is 8.34. The Morgan fingerprint density at radius 1 is 1.12 bits per heavy atom. The molecule has 1 aliphatic heterocycles. The minimum absolute atomic E-state index is 0.913. The first-order valence-electron chi connectivity index (χ1n) is 6.32. The van der Waals surface area contributed by atoms with E-state index in [2.05, 4.69) is 38.0 Å². The van der Waals surface area contributed by atoms with Crippen LogP contribution >= 0.6 is 15.9 Å². The summed E-state index contributed by atoms with van der Waals surface area (Å²) in [6.07, 6.45) is 6.09. The van der Waals surface area contributed by atoms with Gasteiger partial charge in [0.2, 0.25) is 0 Å². The van der Waals surface area contributed by atoms with Crippen molar-refractivity contribution >= 4 is 22.1 Å². The van der Waals surface area contributed by atoms with E-state index in [1.807, 2.05) is 18.3 Å². The highest BCUT2D eigenvalue weighted by Crippen LogP contribution is 2.09. The molecule has 0 aliphatic carbocycles. The molecule has 0 radical (unpaired) electrons. The lowest BCUT2D eigenvalue weighted by Crippen LogP contribution is -2.31. The molecule has 1 fully saturated rings. The predicted octanol–water partition coefficient (Wildman–Crippen LogP) is 3.35. The zero-order chi connectivity index (χ0) is 11.9. The summed E-state index contributed by atoms with van der Waals surface area (Å²) >= 11 is 3.43. The van der Waals surface area contributed by atoms with Gasteiger partial charge in [-0.05, 0) is 43.6 Å². The summed E-state index contributed by atoms with van der Waals surface area (Å²) < 4.78 is 1.11. The van der Waals surface area contributed by atoms with Crippen LogP contribution in [0, 0.1) is 0 Å². The van der Waals surface area contributed by atoms with Gasteiger partial charge < -0.3 is 4.90 Å². The second-order valence-electron chi connectivity index (χ2n) is 4.49. The van der Waals surface area contributed by atoms with E-state index in [4.69, 9.17) is 0 Å². The molecule has 92 valence electrons. The van der Waals surface area contributed by atoms with Gasteiger partial charge in [0, 0.05) is 17.2 Å². The highest BCUT2D eigenvalue weighted by Gasteiger charge is 2.08. The molecule has 0 N–H and O–H groups in total. The SMILES string of the molecule is Brc1ccc(C=NCCN2CCCCC2)cc1. The van der Waals surface area contributed by atoms with Crippen LogP contribution < -0.4 is 0 Å². The fraction of sp³-hybridized carbons (Fsp3) is 0.500. The summed E-state index contributed by atoms with van der Waals surface area (Å²) in [5, 5.41) is 0. The van der Waals surface area contributed by atoms with Crippen molar-refractivity contribution < 1.29 is 0 Å². The third-order valence-electron chi connectivity index (χ3n) is 3.10. The molecule has 1 aromatic carbocycles. The summed E-state index contributed by atoms with van der Waals surface area (Å²) in [6, 6.07) is 8.25. The maximum atomic E-state index is 4.48. The van der Waals surface area contributed by atoms with Gasteiger partial charge in [-0.3, -0.25) is 4.99 Å². The van der Waals surface area contributed by atoms with E-state index in [-0.39, 0.29) is 0 Å². The number of hydrogen-bond acceptors (Lipinski definition) is 2. The summed E-state index contributed by atoms with van der Waals surface area (Å²) in [7, 11) is 0. The molecule has 17 heavy (non-hydrogen) atoms. The molecule has 2 nitrogen and oxygen atoms in total. The van der Waals surface area contributed by atoms with Gasteiger partial charge in [0.15, 0.2) is 0 Å². The molecule has 1 aliphatic rings. The van der Waals surface area contributed by atoms with E-state index in [1.165, 1.54) is 37.9 Å². The van der Waals surface area contributed by atoms with Crippen molar-refractivity contribution in [2.24, 2.45) is 4.99 Å². The fourth-order valence-corrected chi connectivity index (χ4v) is 2.37. The van der Waals surface area contributed by atoms with Crippen LogP contribution in [0.25, 0.3) is 0 Å². The van der Waals surface area contributed by atoms with Gasteiger partial charge in [-0.15, -0.1) is 0 Å². The van der Waals surface area contributed by atoms with Gasteiger partial charge in [-0.1, -0.05) is 34.5 Å². The second-order valence-corrected chi connectivity index (χ2v) is 5.40. The zero-order valence-electron chi connectivity index (χ0n) is 10.1. The van der Waals surface area contributed by atoms with Gasteiger partial charge in [0.05, 0.1) is 6.54 Å². The van der Waals surface area contributed by atoms with Gasteiger partial charge in [0.25, 0.3) is 0 Å². The Labute approximate surface area is 112 Å². The van der Waals surface area contributed by atoms with Gasteiger partial charge in [-0.2, -0.15) is 0 Å². The first kappa shape index (κ1) is 12.8. The maximum Gasteiger partial charge on any atom is 0.0517 e. The fourth-order valence-electron chi connectivity index (χ4n) is 2.10. The van der Waals surface area contributed by atoms with Crippen LogP contribution in [-0.4, -0.2) is 37.3 Å². The minimum atomic E-state index is 0.913. The summed E-state index contributed by atoms with van der Waals surface area (Å²) in [4.78, 5) is 7.00. The molecule has 1 saturated heterocycles.